The van der Waals surface area contributed by atoms with E-state index in [0.29, 0.717) is 6.42 Å². The van der Waals surface area contributed by atoms with Crippen molar-refractivity contribution in [1.82, 2.24) is 5.32 Å². The van der Waals surface area contributed by atoms with Crippen molar-refractivity contribution >= 4 is 23.1 Å². The number of carbonyl (C=O) groups excluding carboxylic acids is 1. The molecule has 104 valence electrons. The van der Waals surface area contributed by atoms with E-state index < -0.39 is 5.92 Å². The van der Waals surface area contributed by atoms with E-state index in [-0.39, 0.29) is 16.9 Å². The molecule has 0 saturated heterocycles. The third kappa shape index (κ3) is 5.39. The molecule has 1 aromatic carbocycles. The maximum atomic E-state index is 12.2. The first-order valence-corrected chi connectivity index (χ1v) is 7.09. The summed E-state index contributed by atoms with van der Waals surface area (Å²) in [5, 5.41) is 2.98. The van der Waals surface area contributed by atoms with Crippen LogP contribution < -0.4 is 11.1 Å². The van der Waals surface area contributed by atoms with Crippen LogP contribution >= 0.6 is 12.2 Å². The molecule has 0 bridgehead atoms. The molecule has 1 amide bonds. The van der Waals surface area contributed by atoms with Gasteiger partial charge in [0.05, 0.1) is 10.9 Å². The van der Waals surface area contributed by atoms with Crippen LogP contribution in [-0.2, 0) is 11.2 Å². The number of nitrogens with two attached hydrogens (primary N) is 1. The summed E-state index contributed by atoms with van der Waals surface area (Å²) in [6.45, 7) is 4.10. The van der Waals surface area contributed by atoms with Crippen molar-refractivity contribution in [2.24, 2.45) is 11.7 Å². The van der Waals surface area contributed by atoms with Gasteiger partial charge in [-0.05, 0) is 25.3 Å². The Morgan fingerprint density at radius 3 is 2.53 bits per heavy atom. The zero-order valence-corrected chi connectivity index (χ0v) is 12.4. The molecule has 4 heteroatoms. The summed E-state index contributed by atoms with van der Waals surface area (Å²) >= 11 is 5.03. The number of thiocarbonyl (C=S) groups is 1. The molecule has 0 aliphatic heterocycles. The van der Waals surface area contributed by atoms with Gasteiger partial charge in [0.1, 0.15) is 0 Å². The zero-order chi connectivity index (χ0) is 14.3. The van der Waals surface area contributed by atoms with Crippen LogP contribution in [0.25, 0.3) is 0 Å². The zero-order valence-electron chi connectivity index (χ0n) is 11.6. The van der Waals surface area contributed by atoms with E-state index in [9.17, 15) is 4.79 Å². The lowest BCUT2D eigenvalue weighted by molar-refractivity contribution is -0.123. The highest BCUT2D eigenvalue weighted by molar-refractivity contribution is 7.80. The molecule has 2 unspecified atom stereocenters. The largest absolute Gasteiger partial charge is 0.393 e. The minimum atomic E-state index is -0.434. The van der Waals surface area contributed by atoms with Crippen LogP contribution in [0.1, 0.15) is 32.3 Å². The fourth-order valence-corrected chi connectivity index (χ4v) is 2.21. The van der Waals surface area contributed by atoms with Crippen molar-refractivity contribution in [3.05, 3.63) is 35.9 Å². The molecule has 1 rings (SSSR count). The normalized spacial score (nSPS) is 13.6. The topological polar surface area (TPSA) is 55.1 Å². The molecule has 0 aliphatic carbocycles. The first-order valence-electron chi connectivity index (χ1n) is 6.68. The molecule has 3 N–H and O–H groups in total. The molecule has 0 fully saturated rings. The van der Waals surface area contributed by atoms with Gasteiger partial charge < -0.3 is 11.1 Å². The summed E-state index contributed by atoms with van der Waals surface area (Å²) in [6.07, 6.45) is 2.56. The highest BCUT2D eigenvalue weighted by Gasteiger charge is 2.22. The molecule has 0 aliphatic rings. The lowest BCUT2D eigenvalue weighted by atomic mass is 9.98. The lowest BCUT2D eigenvalue weighted by Crippen LogP contribution is -2.42. The fraction of sp³-hybridized carbons (Fsp3) is 0.467. The van der Waals surface area contributed by atoms with Crippen molar-refractivity contribution in [2.45, 2.75) is 39.2 Å². The third-order valence-electron chi connectivity index (χ3n) is 3.05. The highest BCUT2D eigenvalue weighted by atomic mass is 32.1. The van der Waals surface area contributed by atoms with Crippen molar-refractivity contribution in [2.75, 3.05) is 0 Å². The van der Waals surface area contributed by atoms with E-state index >= 15 is 0 Å². The number of rotatable bonds is 7. The second kappa shape index (κ2) is 7.89. The molecule has 2 atom stereocenters. The summed E-state index contributed by atoms with van der Waals surface area (Å²) in [4.78, 5) is 12.5. The minimum absolute atomic E-state index is 0.0719. The predicted molar refractivity (Wildman–Crippen MR) is 82.9 cm³/mol. The van der Waals surface area contributed by atoms with E-state index in [4.69, 9.17) is 18.0 Å². The maximum Gasteiger partial charge on any atom is 0.230 e. The second-order valence-electron chi connectivity index (χ2n) is 4.84. The third-order valence-corrected chi connectivity index (χ3v) is 3.34. The summed E-state index contributed by atoms with van der Waals surface area (Å²) in [7, 11) is 0. The minimum Gasteiger partial charge on any atom is -0.393 e. The van der Waals surface area contributed by atoms with Crippen molar-refractivity contribution < 1.29 is 4.79 Å². The molecular formula is C15H22N2OS. The van der Waals surface area contributed by atoms with Crippen LogP contribution in [0, 0.1) is 5.92 Å². The van der Waals surface area contributed by atoms with Crippen LogP contribution in [0.5, 0.6) is 0 Å². The molecule has 0 heterocycles. The van der Waals surface area contributed by atoms with Crippen LogP contribution in [0.15, 0.2) is 30.3 Å². The summed E-state index contributed by atoms with van der Waals surface area (Å²) in [6, 6.07) is 9.96. The molecule has 0 aromatic heterocycles. The van der Waals surface area contributed by atoms with E-state index in [1.807, 2.05) is 37.3 Å². The van der Waals surface area contributed by atoms with Gasteiger partial charge in [-0.1, -0.05) is 55.9 Å². The second-order valence-corrected chi connectivity index (χ2v) is 5.31. The maximum absolute atomic E-state index is 12.2. The Hall–Kier alpha value is -1.42. The Morgan fingerprint density at radius 2 is 2.00 bits per heavy atom. The van der Waals surface area contributed by atoms with Crippen LogP contribution in [-0.4, -0.2) is 16.9 Å². The first-order chi connectivity index (χ1) is 9.04. The smallest absolute Gasteiger partial charge is 0.230 e. The Kier molecular flexibility index (Phi) is 6.50. The van der Waals surface area contributed by atoms with E-state index in [2.05, 4.69) is 12.2 Å². The van der Waals surface area contributed by atoms with Crippen molar-refractivity contribution in [3.8, 4) is 0 Å². The lowest BCUT2D eigenvalue weighted by Gasteiger charge is -2.19. The van der Waals surface area contributed by atoms with Crippen molar-refractivity contribution in [1.29, 1.82) is 0 Å². The SMILES string of the molecule is CCCC(C)NC(=O)C(Cc1ccccc1)C(N)=S. The van der Waals surface area contributed by atoms with E-state index in [1.165, 1.54) is 0 Å². The molecule has 0 saturated carbocycles. The van der Waals surface area contributed by atoms with Crippen LogP contribution in [0.4, 0.5) is 0 Å². The number of nitrogens with one attached hydrogen (secondary N) is 1. The van der Waals surface area contributed by atoms with E-state index in [1.54, 1.807) is 0 Å². The van der Waals surface area contributed by atoms with Gasteiger partial charge in [0.25, 0.3) is 0 Å². The Balaban J connectivity index is 2.67. The molecule has 1 aromatic rings. The predicted octanol–water partition coefficient (Wildman–Crippen LogP) is 2.44. The van der Waals surface area contributed by atoms with Gasteiger partial charge >= 0.3 is 0 Å². The van der Waals surface area contributed by atoms with Crippen molar-refractivity contribution in [3.63, 3.8) is 0 Å². The quantitative estimate of drug-likeness (QED) is 0.753. The summed E-state index contributed by atoms with van der Waals surface area (Å²) in [5.41, 5.74) is 6.77. The van der Waals surface area contributed by atoms with Gasteiger partial charge in [0.15, 0.2) is 0 Å². The molecule has 0 radical (unpaired) electrons. The Morgan fingerprint density at radius 1 is 1.37 bits per heavy atom. The van der Waals surface area contributed by atoms with E-state index in [0.717, 1.165) is 18.4 Å². The molecule has 0 spiro atoms. The van der Waals surface area contributed by atoms with Gasteiger partial charge in [0, 0.05) is 6.04 Å². The van der Waals surface area contributed by atoms with Crippen LogP contribution in [0.2, 0.25) is 0 Å². The number of benzene rings is 1. The van der Waals surface area contributed by atoms with Gasteiger partial charge in [0.2, 0.25) is 5.91 Å². The highest BCUT2D eigenvalue weighted by Crippen LogP contribution is 2.10. The molecular weight excluding hydrogens is 256 g/mol. The number of hydrogen-bond donors (Lipinski definition) is 2. The van der Waals surface area contributed by atoms with Gasteiger partial charge in [-0.3, -0.25) is 4.79 Å². The Labute approximate surface area is 120 Å². The van der Waals surface area contributed by atoms with Gasteiger partial charge in [-0.15, -0.1) is 0 Å². The fourth-order valence-electron chi connectivity index (χ4n) is 2.02. The Bertz CT molecular complexity index is 419. The average Bonchev–Trinajstić information content (AvgIpc) is 2.36. The number of amides is 1. The monoisotopic (exact) mass is 278 g/mol. The van der Waals surface area contributed by atoms with Gasteiger partial charge in [-0.2, -0.15) is 0 Å². The standard InChI is InChI=1S/C15H22N2OS/c1-3-7-11(2)17-15(18)13(14(16)19)10-12-8-5-4-6-9-12/h4-6,8-9,11,13H,3,7,10H2,1-2H3,(H2,16,19)(H,17,18). The number of hydrogen-bond acceptors (Lipinski definition) is 2. The number of carbonyl (C=O) groups is 1. The summed E-state index contributed by atoms with van der Waals surface area (Å²) < 4.78 is 0. The molecule has 19 heavy (non-hydrogen) atoms. The van der Waals surface area contributed by atoms with Gasteiger partial charge in [-0.25, -0.2) is 0 Å². The first kappa shape index (κ1) is 15.6. The summed E-state index contributed by atoms with van der Waals surface area (Å²) in [5.74, 6) is -0.506. The molecule has 3 nitrogen and oxygen atoms in total. The van der Waals surface area contributed by atoms with Crippen LogP contribution in [0.3, 0.4) is 0 Å². The average molecular weight is 278 g/mol.